The molecule has 2 fully saturated rings. The Balaban J connectivity index is 0.972. The molecular formula is C38H45N7O7. The maximum absolute atomic E-state index is 13.8. The minimum absolute atomic E-state index is 0.0760. The van der Waals surface area contributed by atoms with Crippen LogP contribution in [0.3, 0.4) is 0 Å². The third-order valence-corrected chi connectivity index (χ3v) is 10.3. The minimum Gasteiger partial charge on any atom is -0.395 e. The number of fused-ring (bicyclic) bond motifs is 2. The standard InChI is InChI=1S/C38H45N7O7/c1-2-10-44(12-13-46)36(49)26-14-25-3-4-28(17-31(25)42-32(39)16-26)38(8-9-38)37(50)41-29-15-27-20-43(11-7-30(27)40-18-29)21-35-51-22-24(23-52-35)19-45-33(47)5-6-34(45)48/h3-6,14-15,17-18,24,35,46H,2,7-13,16,19-23H2,1H3,(H2,39,42)(H,41,50). The molecule has 274 valence electrons. The van der Waals surface area contributed by atoms with Gasteiger partial charge in [-0.1, -0.05) is 19.1 Å². The Labute approximate surface area is 302 Å². The molecule has 4 amide bonds. The van der Waals surface area contributed by atoms with Gasteiger partial charge in [0.25, 0.3) is 11.8 Å². The van der Waals surface area contributed by atoms with Crippen molar-refractivity contribution in [3.8, 4) is 0 Å². The third kappa shape index (κ3) is 7.56. The van der Waals surface area contributed by atoms with E-state index in [2.05, 4.69) is 20.2 Å². The van der Waals surface area contributed by atoms with E-state index in [9.17, 15) is 24.3 Å². The van der Waals surface area contributed by atoms with Crippen LogP contribution in [0.4, 0.5) is 11.4 Å². The molecule has 1 aromatic carbocycles. The number of amides is 4. The van der Waals surface area contributed by atoms with Crippen LogP contribution < -0.4 is 11.1 Å². The number of hydrogen-bond donors (Lipinski definition) is 3. The summed E-state index contributed by atoms with van der Waals surface area (Å²) in [7, 11) is 0. The Hall–Kier alpha value is -4.76. The molecule has 14 nitrogen and oxygen atoms in total. The fourth-order valence-corrected chi connectivity index (χ4v) is 7.34. The van der Waals surface area contributed by atoms with Gasteiger partial charge < -0.3 is 30.5 Å². The fourth-order valence-electron chi connectivity index (χ4n) is 7.34. The number of carbonyl (C=O) groups is 4. The van der Waals surface area contributed by atoms with Crippen LogP contribution in [0.5, 0.6) is 0 Å². The molecule has 4 aliphatic heterocycles. The van der Waals surface area contributed by atoms with Crippen LogP contribution in [0.25, 0.3) is 6.08 Å². The first kappa shape index (κ1) is 35.6. The van der Waals surface area contributed by atoms with E-state index >= 15 is 0 Å². The van der Waals surface area contributed by atoms with Gasteiger partial charge in [0.05, 0.1) is 42.8 Å². The molecule has 52 heavy (non-hydrogen) atoms. The summed E-state index contributed by atoms with van der Waals surface area (Å²) >= 11 is 0. The second kappa shape index (κ2) is 15.1. The summed E-state index contributed by atoms with van der Waals surface area (Å²) in [6.45, 7) is 5.71. The zero-order valence-electron chi connectivity index (χ0n) is 29.4. The van der Waals surface area contributed by atoms with Crippen LogP contribution in [-0.2, 0) is 47.0 Å². The molecule has 4 N–H and O–H groups in total. The second-order valence-corrected chi connectivity index (χ2v) is 14.2. The van der Waals surface area contributed by atoms with Crippen LogP contribution >= 0.6 is 0 Å². The lowest BCUT2D eigenvalue weighted by Crippen LogP contribution is -2.46. The van der Waals surface area contributed by atoms with Crippen molar-refractivity contribution in [1.29, 1.82) is 0 Å². The van der Waals surface area contributed by atoms with E-state index in [0.717, 1.165) is 41.8 Å². The number of aliphatic imine (C=N–C) groups is 1. The van der Waals surface area contributed by atoms with Gasteiger partial charge in [-0.25, -0.2) is 4.99 Å². The highest BCUT2D eigenvalue weighted by atomic mass is 16.7. The molecule has 14 heteroatoms. The highest BCUT2D eigenvalue weighted by molar-refractivity contribution is 6.13. The Morgan fingerprint density at radius 3 is 2.58 bits per heavy atom. The first-order chi connectivity index (χ1) is 25.1. The Bertz CT molecular complexity index is 1820. The van der Waals surface area contributed by atoms with Crippen molar-refractivity contribution in [3.63, 3.8) is 0 Å². The summed E-state index contributed by atoms with van der Waals surface area (Å²) in [5.41, 5.74) is 11.0. The molecule has 2 aromatic rings. The number of imide groups is 1. The average Bonchev–Trinajstić information content (AvgIpc) is 3.92. The summed E-state index contributed by atoms with van der Waals surface area (Å²) in [5.74, 6) is -0.641. The van der Waals surface area contributed by atoms with Crippen molar-refractivity contribution in [2.24, 2.45) is 16.6 Å². The quantitative estimate of drug-likeness (QED) is 0.276. The van der Waals surface area contributed by atoms with Crippen LogP contribution in [0.1, 0.15) is 55.0 Å². The lowest BCUT2D eigenvalue weighted by atomic mass is 9.92. The van der Waals surface area contributed by atoms with Crippen molar-refractivity contribution in [3.05, 3.63) is 70.6 Å². The minimum atomic E-state index is -0.700. The lowest BCUT2D eigenvalue weighted by molar-refractivity contribution is -0.209. The molecular weight excluding hydrogens is 666 g/mol. The first-order valence-electron chi connectivity index (χ1n) is 18.0. The van der Waals surface area contributed by atoms with E-state index in [1.54, 1.807) is 11.1 Å². The molecule has 1 aromatic heterocycles. The zero-order valence-corrected chi connectivity index (χ0v) is 29.4. The summed E-state index contributed by atoms with van der Waals surface area (Å²) < 4.78 is 11.9. The molecule has 1 saturated heterocycles. The number of nitrogens with zero attached hydrogens (tertiary/aromatic N) is 5. The van der Waals surface area contributed by atoms with E-state index in [4.69, 9.17) is 15.2 Å². The number of carbonyl (C=O) groups excluding carboxylic acids is 4. The van der Waals surface area contributed by atoms with E-state index in [1.807, 2.05) is 37.3 Å². The molecule has 0 radical (unpaired) electrons. The molecule has 1 aliphatic carbocycles. The van der Waals surface area contributed by atoms with Gasteiger partial charge in [0.15, 0.2) is 6.29 Å². The Morgan fingerprint density at radius 1 is 1.10 bits per heavy atom. The number of aliphatic hydroxyl groups is 1. The van der Waals surface area contributed by atoms with Crippen molar-refractivity contribution < 1.29 is 33.8 Å². The second-order valence-electron chi connectivity index (χ2n) is 14.2. The topological polar surface area (TPSA) is 180 Å². The van der Waals surface area contributed by atoms with Gasteiger partial charge >= 0.3 is 0 Å². The Kier molecular flexibility index (Phi) is 10.3. The SMILES string of the molecule is CCCN(CCO)C(=O)C1=Cc2ccc(C3(C(=O)Nc4cnc5c(c4)CN(CC4OCC(CN6C(=O)C=CC6=O)CO4)CC5)CC3)cc2N=C(N)C1. The first-order valence-corrected chi connectivity index (χ1v) is 18.0. The number of pyridine rings is 1. The number of nitrogens with two attached hydrogens (primary N) is 1. The van der Waals surface area contributed by atoms with Crippen LogP contribution in [-0.4, -0.2) is 113 Å². The van der Waals surface area contributed by atoms with Gasteiger partial charge in [-0.05, 0) is 48.6 Å². The number of nitrogens with one attached hydrogen (secondary N) is 1. The summed E-state index contributed by atoms with van der Waals surface area (Å²) in [4.78, 5) is 65.3. The monoisotopic (exact) mass is 711 g/mol. The average molecular weight is 712 g/mol. The number of rotatable bonds is 12. The van der Waals surface area contributed by atoms with E-state index in [-0.39, 0.29) is 55.7 Å². The van der Waals surface area contributed by atoms with Gasteiger partial charge in [0.2, 0.25) is 11.8 Å². The van der Waals surface area contributed by atoms with Crippen molar-refractivity contribution >= 4 is 46.9 Å². The highest BCUT2D eigenvalue weighted by Crippen LogP contribution is 2.50. The van der Waals surface area contributed by atoms with E-state index in [0.29, 0.717) is 68.5 Å². The van der Waals surface area contributed by atoms with Gasteiger partial charge in [0, 0.05) is 87.0 Å². The predicted octanol–water partition coefficient (Wildman–Crippen LogP) is 2.03. The molecule has 5 heterocycles. The molecule has 0 atom stereocenters. The highest BCUT2D eigenvalue weighted by Gasteiger charge is 2.51. The maximum atomic E-state index is 13.8. The van der Waals surface area contributed by atoms with Crippen LogP contribution in [0.2, 0.25) is 0 Å². The number of aliphatic hydroxyl groups excluding tert-OH is 1. The van der Waals surface area contributed by atoms with Gasteiger partial charge in [-0.2, -0.15) is 0 Å². The summed E-state index contributed by atoms with van der Waals surface area (Å²) in [6.07, 6.45) is 8.79. The van der Waals surface area contributed by atoms with Crippen molar-refractivity contribution in [2.75, 3.05) is 57.9 Å². The number of aromatic nitrogens is 1. The van der Waals surface area contributed by atoms with Crippen LogP contribution in [0.15, 0.2) is 53.2 Å². The van der Waals surface area contributed by atoms with Crippen molar-refractivity contribution in [1.82, 2.24) is 19.7 Å². The summed E-state index contributed by atoms with van der Waals surface area (Å²) in [5, 5.41) is 12.6. The molecule has 7 rings (SSSR count). The number of hydrogen-bond acceptors (Lipinski definition) is 11. The number of benzene rings is 1. The van der Waals surface area contributed by atoms with Gasteiger partial charge in [-0.15, -0.1) is 0 Å². The normalized spacial score (nSPS) is 22.2. The predicted molar refractivity (Wildman–Crippen MR) is 192 cm³/mol. The van der Waals surface area contributed by atoms with Crippen molar-refractivity contribution in [2.45, 2.75) is 57.3 Å². The molecule has 0 unspecified atom stereocenters. The maximum Gasteiger partial charge on any atom is 0.253 e. The van der Waals surface area contributed by atoms with E-state index in [1.165, 1.54) is 17.1 Å². The molecule has 5 aliphatic rings. The number of anilines is 1. The van der Waals surface area contributed by atoms with Gasteiger partial charge in [0.1, 0.15) is 5.84 Å². The lowest BCUT2D eigenvalue weighted by Gasteiger charge is -2.35. The summed E-state index contributed by atoms with van der Waals surface area (Å²) in [6, 6.07) is 7.72. The third-order valence-electron chi connectivity index (χ3n) is 10.3. The Morgan fingerprint density at radius 2 is 1.87 bits per heavy atom. The molecule has 0 bridgehead atoms. The van der Waals surface area contributed by atoms with E-state index < -0.39 is 11.7 Å². The smallest absolute Gasteiger partial charge is 0.253 e. The molecule has 1 saturated carbocycles. The fraction of sp³-hybridized carbons (Fsp3) is 0.474. The molecule has 0 spiro atoms. The number of ether oxygens (including phenoxy) is 2. The number of amidine groups is 1. The van der Waals surface area contributed by atoms with Gasteiger partial charge in [-0.3, -0.25) is 34.0 Å². The largest absolute Gasteiger partial charge is 0.395 e. The van der Waals surface area contributed by atoms with Crippen LogP contribution in [0, 0.1) is 5.92 Å². The zero-order chi connectivity index (χ0) is 36.4.